The number of nitrogens with one attached hydrogen (secondary N) is 2. The highest BCUT2D eigenvalue weighted by Gasteiger charge is 2.39. The van der Waals surface area contributed by atoms with Crippen LogP contribution in [0.15, 0.2) is 82.6 Å². The monoisotopic (exact) mass is 471 g/mol. The highest BCUT2D eigenvalue weighted by atomic mass is 32.2. The number of hydrogen-bond acceptors (Lipinski definition) is 5. The summed E-state index contributed by atoms with van der Waals surface area (Å²) < 4.78 is 0. The molecular formula is C26H21N3O4S. The average molecular weight is 472 g/mol. The van der Waals surface area contributed by atoms with Crippen LogP contribution in [-0.2, 0) is 16.1 Å². The molecule has 7 nitrogen and oxygen atoms in total. The van der Waals surface area contributed by atoms with Gasteiger partial charge in [-0.2, -0.15) is 0 Å². The molecule has 3 aromatic carbocycles. The summed E-state index contributed by atoms with van der Waals surface area (Å²) in [7, 11) is 0. The second kappa shape index (κ2) is 9.15. The highest BCUT2D eigenvalue weighted by molar-refractivity contribution is 7.99. The van der Waals surface area contributed by atoms with Crippen molar-refractivity contribution in [2.75, 3.05) is 5.32 Å². The van der Waals surface area contributed by atoms with Crippen LogP contribution < -0.4 is 10.6 Å². The molecule has 5 rings (SSSR count). The zero-order chi connectivity index (χ0) is 23.7. The predicted octanol–water partition coefficient (Wildman–Crippen LogP) is 3.85. The van der Waals surface area contributed by atoms with Crippen LogP contribution in [0.4, 0.5) is 5.69 Å². The van der Waals surface area contributed by atoms with Gasteiger partial charge in [0.15, 0.2) is 0 Å². The van der Waals surface area contributed by atoms with E-state index in [0.717, 1.165) is 15.4 Å². The topological polar surface area (TPSA) is 95.6 Å². The quantitative estimate of drug-likeness (QED) is 0.551. The van der Waals surface area contributed by atoms with Crippen molar-refractivity contribution < 1.29 is 19.2 Å². The Morgan fingerprint density at radius 1 is 0.941 bits per heavy atom. The first-order chi connectivity index (χ1) is 16.5. The van der Waals surface area contributed by atoms with Crippen LogP contribution in [0.25, 0.3) is 0 Å². The first-order valence-corrected chi connectivity index (χ1v) is 11.7. The molecule has 0 aliphatic carbocycles. The lowest BCUT2D eigenvalue weighted by molar-refractivity contribution is -0.136. The molecule has 4 amide bonds. The number of carbonyl (C=O) groups excluding carboxylic acids is 4. The van der Waals surface area contributed by atoms with Crippen LogP contribution in [0.3, 0.4) is 0 Å². The molecule has 0 saturated carbocycles. The van der Waals surface area contributed by atoms with E-state index >= 15 is 0 Å². The molecule has 1 fully saturated rings. The molecule has 0 bridgehead atoms. The van der Waals surface area contributed by atoms with Gasteiger partial charge in [-0.15, -0.1) is 0 Å². The molecule has 1 atom stereocenters. The largest absolute Gasteiger partial charge is 0.322 e. The lowest BCUT2D eigenvalue weighted by atomic mass is 10.0. The molecule has 2 heterocycles. The predicted molar refractivity (Wildman–Crippen MR) is 127 cm³/mol. The summed E-state index contributed by atoms with van der Waals surface area (Å²) in [6.07, 6.45) is 0.521. The molecule has 1 unspecified atom stereocenters. The van der Waals surface area contributed by atoms with E-state index in [-0.39, 0.29) is 30.7 Å². The third-order valence-electron chi connectivity index (χ3n) is 5.88. The van der Waals surface area contributed by atoms with Gasteiger partial charge in [-0.3, -0.25) is 24.5 Å². The van der Waals surface area contributed by atoms with Crippen LogP contribution in [0, 0.1) is 0 Å². The Bertz CT molecular complexity index is 1290. The van der Waals surface area contributed by atoms with Gasteiger partial charge in [-0.25, -0.2) is 0 Å². The fourth-order valence-electron chi connectivity index (χ4n) is 4.15. The van der Waals surface area contributed by atoms with E-state index in [4.69, 9.17) is 0 Å². The highest BCUT2D eigenvalue weighted by Crippen LogP contribution is 2.30. The normalized spacial score (nSPS) is 17.4. The number of fused-ring (bicyclic) bond motifs is 1. The summed E-state index contributed by atoms with van der Waals surface area (Å²) in [5.41, 5.74) is 2.34. The van der Waals surface area contributed by atoms with E-state index in [9.17, 15) is 19.2 Å². The van der Waals surface area contributed by atoms with Crippen LogP contribution in [0.5, 0.6) is 0 Å². The summed E-state index contributed by atoms with van der Waals surface area (Å²) in [5, 5.41) is 5.18. The molecule has 3 aromatic rings. The van der Waals surface area contributed by atoms with Gasteiger partial charge in [0.2, 0.25) is 11.8 Å². The van der Waals surface area contributed by atoms with Crippen LogP contribution in [-0.4, -0.2) is 34.6 Å². The SMILES string of the molecule is O=C1CCC(N2Cc3cc(NC(=O)c4ccc(Sc5ccccc5)cc4)ccc3C2=O)C(=O)N1. The second-order valence-corrected chi connectivity index (χ2v) is 9.31. The standard InChI is InChI=1S/C26H21N3O4S/c30-23-13-12-22(25(32)28-23)29-15-17-14-18(8-11-21(17)26(29)33)27-24(31)16-6-9-20(10-7-16)34-19-4-2-1-3-5-19/h1-11,14,22H,12-13,15H2,(H,27,31)(H,28,30,32). The number of hydrogen-bond donors (Lipinski definition) is 2. The molecule has 0 spiro atoms. The molecule has 34 heavy (non-hydrogen) atoms. The van der Waals surface area contributed by atoms with E-state index in [2.05, 4.69) is 10.6 Å². The Kier molecular flexibility index (Phi) is 5.90. The molecular weight excluding hydrogens is 450 g/mol. The lowest BCUT2D eigenvalue weighted by Crippen LogP contribution is -2.52. The molecule has 1 saturated heterocycles. The van der Waals surface area contributed by atoms with Crippen molar-refractivity contribution in [2.45, 2.75) is 35.2 Å². The first kappa shape index (κ1) is 21.9. The molecule has 2 aliphatic heterocycles. The van der Waals surface area contributed by atoms with Crippen LogP contribution >= 0.6 is 11.8 Å². The third-order valence-corrected chi connectivity index (χ3v) is 6.89. The summed E-state index contributed by atoms with van der Waals surface area (Å²) in [6, 6.07) is 21.8. The number of benzene rings is 3. The number of piperidine rings is 1. The van der Waals surface area contributed by atoms with Gasteiger partial charge >= 0.3 is 0 Å². The maximum absolute atomic E-state index is 12.8. The second-order valence-electron chi connectivity index (χ2n) is 8.17. The van der Waals surface area contributed by atoms with Crippen LogP contribution in [0.2, 0.25) is 0 Å². The number of carbonyl (C=O) groups is 4. The van der Waals surface area contributed by atoms with Gasteiger partial charge < -0.3 is 10.2 Å². The average Bonchev–Trinajstić information content (AvgIpc) is 3.15. The smallest absolute Gasteiger partial charge is 0.255 e. The first-order valence-electron chi connectivity index (χ1n) is 10.9. The summed E-state index contributed by atoms with van der Waals surface area (Å²) >= 11 is 1.62. The number of nitrogens with zero attached hydrogens (tertiary/aromatic N) is 1. The molecule has 0 radical (unpaired) electrons. The van der Waals surface area contributed by atoms with Crippen molar-refractivity contribution >= 4 is 41.1 Å². The zero-order valence-electron chi connectivity index (χ0n) is 18.1. The molecule has 2 N–H and O–H groups in total. The molecule has 170 valence electrons. The Balaban J connectivity index is 1.25. The molecule has 8 heteroatoms. The van der Waals surface area contributed by atoms with E-state index in [1.165, 1.54) is 4.90 Å². The maximum atomic E-state index is 12.8. The maximum Gasteiger partial charge on any atom is 0.255 e. The summed E-state index contributed by atoms with van der Waals surface area (Å²) in [6.45, 7) is 0.259. The number of imide groups is 1. The number of anilines is 1. The van der Waals surface area contributed by atoms with E-state index in [0.29, 0.717) is 23.2 Å². The van der Waals surface area contributed by atoms with Crippen molar-refractivity contribution in [3.8, 4) is 0 Å². The number of rotatable bonds is 5. The van der Waals surface area contributed by atoms with Gasteiger partial charge in [-0.1, -0.05) is 30.0 Å². The Labute approximate surface area is 200 Å². The Morgan fingerprint density at radius 2 is 1.68 bits per heavy atom. The van der Waals surface area contributed by atoms with E-state index in [1.807, 2.05) is 42.5 Å². The third kappa shape index (κ3) is 4.45. The zero-order valence-corrected chi connectivity index (χ0v) is 18.9. The Hall–Kier alpha value is -3.91. The van der Waals surface area contributed by atoms with Crippen molar-refractivity contribution in [1.82, 2.24) is 10.2 Å². The van der Waals surface area contributed by atoms with Crippen LogP contribution in [0.1, 0.15) is 39.1 Å². The van der Waals surface area contributed by atoms with E-state index in [1.54, 1.807) is 42.1 Å². The summed E-state index contributed by atoms with van der Waals surface area (Å²) in [5.74, 6) is -1.25. The van der Waals surface area contributed by atoms with Gasteiger partial charge in [-0.05, 0) is 66.6 Å². The number of amides is 4. The van der Waals surface area contributed by atoms with Gasteiger partial charge in [0.05, 0.1) is 0 Å². The fraction of sp³-hybridized carbons (Fsp3) is 0.154. The van der Waals surface area contributed by atoms with Crippen molar-refractivity contribution in [2.24, 2.45) is 0 Å². The minimum Gasteiger partial charge on any atom is -0.322 e. The van der Waals surface area contributed by atoms with Gasteiger partial charge in [0.1, 0.15) is 6.04 Å². The minimum atomic E-state index is -0.664. The van der Waals surface area contributed by atoms with Crippen molar-refractivity contribution in [1.29, 1.82) is 0 Å². The molecule has 2 aliphatic rings. The van der Waals surface area contributed by atoms with Gasteiger partial charge in [0.25, 0.3) is 11.8 Å². The Morgan fingerprint density at radius 3 is 2.41 bits per heavy atom. The molecule has 0 aromatic heterocycles. The van der Waals surface area contributed by atoms with Crippen molar-refractivity contribution in [3.63, 3.8) is 0 Å². The van der Waals surface area contributed by atoms with Gasteiger partial charge in [0, 0.05) is 39.6 Å². The minimum absolute atomic E-state index is 0.209. The van der Waals surface area contributed by atoms with E-state index < -0.39 is 11.9 Å². The fourth-order valence-corrected chi connectivity index (χ4v) is 4.99. The summed E-state index contributed by atoms with van der Waals surface area (Å²) in [4.78, 5) is 52.8. The van der Waals surface area contributed by atoms with Crippen molar-refractivity contribution in [3.05, 3.63) is 89.5 Å². The lowest BCUT2D eigenvalue weighted by Gasteiger charge is -2.29.